The Morgan fingerprint density at radius 1 is 1.06 bits per heavy atom. The van der Waals surface area contributed by atoms with E-state index >= 15 is 0 Å². The summed E-state index contributed by atoms with van der Waals surface area (Å²) in [6.45, 7) is 1.90. The number of carboxylic acid groups (broad SMARTS) is 1. The van der Waals surface area contributed by atoms with Gasteiger partial charge in [-0.2, -0.15) is 0 Å². The van der Waals surface area contributed by atoms with Crippen LogP contribution in [-0.2, 0) is 4.79 Å². The third-order valence-corrected chi connectivity index (χ3v) is 3.90. The van der Waals surface area contributed by atoms with Crippen molar-refractivity contribution in [3.05, 3.63) is 0 Å². The van der Waals surface area contributed by atoms with Crippen molar-refractivity contribution in [1.82, 2.24) is 0 Å². The van der Waals surface area contributed by atoms with Gasteiger partial charge >= 0.3 is 5.97 Å². The predicted octanol–water partition coefficient (Wildman–Crippen LogP) is 5.10. The maximum Gasteiger partial charge on any atom is 0.326 e. The first kappa shape index (κ1) is 16.5. The second-order valence-corrected chi connectivity index (χ2v) is 6.68. The first-order valence-electron chi connectivity index (χ1n) is 5.34. The smallest absolute Gasteiger partial charge is 0.326 e. The van der Waals surface area contributed by atoms with E-state index in [2.05, 4.69) is 0 Å². The molecule has 0 spiro atoms. The highest BCUT2D eigenvalue weighted by atomic mass is 32.5. The molecule has 1 N–H and O–H groups in total. The van der Waals surface area contributed by atoms with E-state index in [0.29, 0.717) is 12.8 Å². The molecule has 0 aliphatic heterocycles. The number of carboxylic acids is 1. The summed E-state index contributed by atoms with van der Waals surface area (Å²) < 4.78 is 61.6. The number of aliphatic carboxylic acids is 1. The van der Waals surface area contributed by atoms with Crippen LogP contribution < -0.4 is 0 Å². The fraction of sp³-hybridized carbons (Fsp3) is 0.889. The van der Waals surface area contributed by atoms with Crippen molar-refractivity contribution in [3.63, 3.8) is 0 Å². The number of halogens is 5. The van der Waals surface area contributed by atoms with Gasteiger partial charge in [-0.05, 0) is 6.42 Å². The van der Waals surface area contributed by atoms with Crippen LogP contribution >= 0.6 is 10.2 Å². The number of hydrogen-bond acceptors (Lipinski definition) is 1. The van der Waals surface area contributed by atoms with E-state index in [4.69, 9.17) is 5.11 Å². The topological polar surface area (TPSA) is 37.3 Å². The minimum atomic E-state index is -9.92. The SMILES string of the molecule is CCCCCCCC(C(=O)O)S(F)(F)(F)(F)F. The molecule has 0 radical (unpaired) electrons. The Balaban J connectivity index is 4.45. The molecule has 1 unspecified atom stereocenters. The lowest BCUT2D eigenvalue weighted by Crippen LogP contribution is -2.33. The quantitative estimate of drug-likeness (QED) is 0.497. The molecule has 0 aliphatic carbocycles. The van der Waals surface area contributed by atoms with Crippen molar-refractivity contribution in [2.45, 2.75) is 50.7 Å². The highest BCUT2D eigenvalue weighted by molar-refractivity contribution is 8.46. The van der Waals surface area contributed by atoms with Gasteiger partial charge in [-0.15, -0.1) is 0 Å². The van der Waals surface area contributed by atoms with Gasteiger partial charge in [-0.3, -0.25) is 4.79 Å². The molecule has 0 fully saturated rings. The molecule has 0 aromatic carbocycles. The zero-order valence-corrected chi connectivity index (χ0v) is 10.3. The number of rotatable bonds is 8. The highest BCUT2D eigenvalue weighted by Crippen LogP contribution is 3.00. The first-order valence-corrected chi connectivity index (χ1v) is 7.35. The van der Waals surface area contributed by atoms with Gasteiger partial charge < -0.3 is 5.11 Å². The molecule has 0 amide bonds. The van der Waals surface area contributed by atoms with Gasteiger partial charge in [0.2, 0.25) is 0 Å². The maximum absolute atomic E-state index is 12.3. The van der Waals surface area contributed by atoms with Crippen LogP contribution in [-0.4, -0.2) is 16.3 Å². The molecule has 0 rings (SSSR count). The van der Waals surface area contributed by atoms with Crippen LogP contribution in [0.15, 0.2) is 0 Å². The standard InChI is InChI=1S/C9H17F5O2S/c1-2-3-4-5-6-7-8(9(15)16)17(10,11,12,13)14/h8H,2-7H2,1H3,(H,15,16). The van der Waals surface area contributed by atoms with Crippen molar-refractivity contribution < 1.29 is 29.3 Å². The molecule has 2 nitrogen and oxygen atoms in total. The zero-order valence-electron chi connectivity index (χ0n) is 9.47. The Morgan fingerprint density at radius 2 is 1.53 bits per heavy atom. The second kappa shape index (κ2) is 4.62. The second-order valence-electron chi connectivity index (χ2n) is 4.06. The number of hydrogen-bond donors (Lipinski definition) is 1. The Kier molecular flexibility index (Phi) is 4.48. The third-order valence-electron chi connectivity index (χ3n) is 2.38. The van der Waals surface area contributed by atoms with Gasteiger partial charge in [0.15, 0.2) is 5.25 Å². The Hall–Kier alpha value is -0.530. The lowest BCUT2D eigenvalue weighted by atomic mass is 10.1. The van der Waals surface area contributed by atoms with Gasteiger partial charge in [0.25, 0.3) is 10.2 Å². The van der Waals surface area contributed by atoms with E-state index in [0.717, 1.165) is 12.8 Å². The largest absolute Gasteiger partial charge is 0.480 e. The van der Waals surface area contributed by atoms with E-state index in [1.54, 1.807) is 0 Å². The van der Waals surface area contributed by atoms with E-state index in [-0.39, 0.29) is 6.42 Å². The molecule has 0 aromatic heterocycles. The number of unbranched alkanes of at least 4 members (excludes halogenated alkanes) is 4. The molecule has 17 heavy (non-hydrogen) atoms. The van der Waals surface area contributed by atoms with Crippen LogP contribution in [0.5, 0.6) is 0 Å². The van der Waals surface area contributed by atoms with Crippen LogP contribution in [0.4, 0.5) is 19.4 Å². The summed E-state index contributed by atoms with van der Waals surface area (Å²) in [4.78, 5) is 10.3. The zero-order chi connectivity index (χ0) is 13.8. The van der Waals surface area contributed by atoms with E-state index in [1.165, 1.54) is 0 Å². The van der Waals surface area contributed by atoms with E-state index < -0.39 is 27.9 Å². The summed E-state index contributed by atoms with van der Waals surface area (Å²) in [6.07, 6.45) is 1.44. The van der Waals surface area contributed by atoms with E-state index in [9.17, 15) is 24.2 Å². The molecule has 0 bridgehead atoms. The summed E-state index contributed by atoms with van der Waals surface area (Å²) in [5, 5.41) is 4.75. The summed E-state index contributed by atoms with van der Waals surface area (Å²) in [7, 11) is -9.92. The monoisotopic (exact) mass is 284 g/mol. The first-order chi connectivity index (χ1) is 7.38. The van der Waals surface area contributed by atoms with Crippen LogP contribution in [0.3, 0.4) is 0 Å². The van der Waals surface area contributed by atoms with Crippen molar-refractivity contribution >= 4 is 16.2 Å². The van der Waals surface area contributed by atoms with Crippen molar-refractivity contribution in [2.24, 2.45) is 0 Å². The third kappa shape index (κ3) is 6.70. The van der Waals surface area contributed by atoms with Crippen LogP contribution in [0.1, 0.15) is 45.4 Å². The van der Waals surface area contributed by atoms with Crippen molar-refractivity contribution in [3.8, 4) is 0 Å². The minimum Gasteiger partial charge on any atom is -0.480 e. The molecular weight excluding hydrogens is 267 g/mol. The predicted molar refractivity (Wildman–Crippen MR) is 57.9 cm³/mol. The molecule has 0 saturated carbocycles. The molecular formula is C9H17F5O2S. The summed E-state index contributed by atoms with van der Waals surface area (Å²) in [5.41, 5.74) is 0. The van der Waals surface area contributed by atoms with Gasteiger partial charge in [-0.1, -0.05) is 58.5 Å². The molecule has 8 heteroatoms. The molecule has 0 aliphatic rings. The van der Waals surface area contributed by atoms with Gasteiger partial charge in [-0.25, -0.2) is 0 Å². The van der Waals surface area contributed by atoms with Gasteiger partial charge in [0.05, 0.1) is 0 Å². The number of carbonyl (C=O) groups is 1. The molecule has 0 heterocycles. The minimum absolute atomic E-state index is 0.150. The van der Waals surface area contributed by atoms with Crippen LogP contribution in [0.25, 0.3) is 0 Å². The van der Waals surface area contributed by atoms with Crippen LogP contribution in [0, 0.1) is 0 Å². The highest BCUT2D eigenvalue weighted by Gasteiger charge is 2.72. The van der Waals surface area contributed by atoms with Gasteiger partial charge in [0, 0.05) is 0 Å². The summed E-state index contributed by atoms with van der Waals surface area (Å²) in [5.74, 6) is -2.49. The van der Waals surface area contributed by atoms with Crippen molar-refractivity contribution in [2.75, 3.05) is 0 Å². The Morgan fingerprint density at radius 3 is 1.88 bits per heavy atom. The van der Waals surface area contributed by atoms with E-state index in [1.807, 2.05) is 6.92 Å². The average Bonchev–Trinajstić information content (AvgIpc) is 2.05. The fourth-order valence-electron chi connectivity index (χ4n) is 1.47. The molecule has 106 valence electrons. The average molecular weight is 284 g/mol. The Bertz CT molecular complexity index is 273. The van der Waals surface area contributed by atoms with Crippen molar-refractivity contribution in [1.29, 1.82) is 0 Å². The molecule has 0 aromatic rings. The summed E-state index contributed by atoms with van der Waals surface area (Å²) in [6, 6.07) is 0. The molecule has 1 atom stereocenters. The molecule has 0 saturated heterocycles. The van der Waals surface area contributed by atoms with Crippen LogP contribution in [0.2, 0.25) is 0 Å². The summed E-state index contributed by atoms with van der Waals surface area (Å²) >= 11 is 0. The lowest BCUT2D eigenvalue weighted by molar-refractivity contribution is -0.137. The maximum atomic E-state index is 12.3. The fourth-order valence-corrected chi connectivity index (χ4v) is 2.46. The lowest BCUT2D eigenvalue weighted by Gasteiger charge is -2.44. The normalized spacial score (nSPS) is 18.2. The Labute approximate surface area is 96.9 Å². The van der Waals surface area contributed by atoms with Gasteiger partial charge in [0.1, 0.15) is 0 Å².